The highest BCUT2D eigenvalue weighted by Gasteiger charge is 1.79. The van der Waals surface area contributed by atoms with Crippen molar-refractivity contribution in [1.82, 2.24) is 0 Å². The molecule has 32 valence electrons. The van der Waals surface area contributed by atoms with Crippen molar-refractivity contribution in [3.8, 4) is 0 Å². The lowest BCUT2D eigenvalue weighted by Crippen LogP contribution is -2.07. The summed E-state index contributed by atoms with van der Waals surface area (Å²) in [5.41, 5.74) is 5.25. The van der Waals surface area contributed by atoms with E-state index in [-0.39, 0.29) is 0 Å². The summed E-state index contributed by atoms with van der Waals surface area (Å²) in [5.74, 6) is 0.301. The Kier molecular flexibility index (Phi) is 2.82. The van der Waals surface area contributed by atoms with Crippen molar-refractivity contribution in [3.63, 3.8) is 0 Å². The van der Waals surface area contributed by atoms with Crippen molar-refractivity contribution in [1.29, 1.82) is 0 Å². The molecule has 1 nitrogen and oxygen atoms in total. The Morgan fingerprint density at radius 1 is 2.00 bits per heavy atom. The molecule has 2 atom stereocenters. The molecule has 0 spiro atoms. The summed E-state index contributed by atoms with van der Waals surface area (Å²) in [6, 6.07) is 0. The third kappa shape index (κ3) is 4.39. The van der Waals surface area contributed by atoms with Crippen LogP contribution in [0.1, 0.15) is 13.3 Å². The van der Waals surface area contributed by atoms with Crippen molar-refractivity contribution < 1.29 is 0 Å². The molecule has 0 aliphatic heterocycles. The zero-order chi connectivity index (χ0) is 4.28. The van der Waals surface area contributed by atoms with E-state index in [4.69, 9.17) is 5.73 Å². The molecule has 0 fully saturated rings. The summed E-state index contributed by atoms with van der Waals surface area (Å²) < 4.78 is 0. The molecule has 2 N–H and O–H groups in total. The topological polar surface area (TPSA) is 26.0 Å². The van der Waals surface area contributed by atoms with Crippen LogP contribution in [0.2, 0.25) is 0 Å². The van der Waals surface area contributed by atoms with E-state index in [2.05, 4.69) is 16.2 Å². The molecule has 0 radical (unpaired) electrons. The smallest absolute Gasteiger partial charge is 0.0182 e. The first-order valence-corrected chi connectivity index (χ1v) is 2.45. The molecule has 5 heavy (non-hydrogen) atoms. The molecule has 0 aliphatic carbocycles. The number of rotatable bonds is 1. The highest BCUT2D eigenvalue weighted by atomic mass is 31.0. The van der Waals surface area contributed by atoms with E-state index in [1.54, 1.807) is 0 Å². The maximum atomic E-state index is 5.25. The standard InChI is InChI=1S/C3H10NP/c1-2-3(4)5/h3H,2,4-5H2,1H3/t3-/m0/s1. The van der Waals surface area contributed by atoms with Gasteiger partial charge in [0.1, 0.15) is 0 Å². The molecule has 0 aromatic carbocycles. The fourth-order valence-electron chi connectivity index (χ4n) is 0. The quantitative estimate of drug-likeness (QED) is 0.469. The maximum absolute atomic E-state index is 5.25. The van der Waals surface area contributed by atoms with E-state index in [1.165, 1.54) is 0 Å². The van der Waals surface area contributed by atoms with Crippen molar-refractivity contribution in [2.45, 2.75) is 19.1 Å². The van der Waals surface area contributed by atoms with Crippen LogP contribution >= 0.6 is 9.24 Å². The van der Waals surface area contributed by atoms with Crippen LogP contribution in [0.5, 0.6) is 0 Å². The lowest BCUT2D eigenvalue weighted by molar-refractivity contribution is 0.870. The van der Waals surface area contributed by atoms with Gasteiger partial charge in [0.2, 0.25) is 0 Å². The highest BCUT2D eigenvalue weighted by Crippen LogP contribution is 1.92. The predicted molar refractivity (Wildman–Crippen MR) is 28.0 cm³/mol. The van der Waals surface area contributed by atoms with Gasteiger partial charge in [0.05, 0.1) is 0 Å². The average Bonchev–Trinajstić information content (AvgIpc) is 1.38. The largest absolute Gasteiger partial charge is 0.325 e. The predicted octanol–water partition coefficient (Wildman–Crippen LogP) is 0.556. The number of nitrogens with two attached hydrogens (primary N) is 1. The first-order valence-electron chi connectivity index (χ1n) is 1.78. The van der Waals surface area contributed by atoms with E-state index in [1.807, 2.05) is 0 Å². The monoisotopic (exact) mass is 91.1 g/mol. The molecular formula is C3H10NP. The van der Waals surface area contributed by atoms with Crippen LogP contribution in [0, 0.1) is 0 Å². The lowest BCUT2D eigenvalue weighted by atomic mass is 10.5. The van der Waals surface area contributed by atoms with Crippen LogP contribution in [0.25, 0.3) is 0 Å². The summed E-state index contributed by atoms with van der Waals surface area (Å²) in [5, 5.41) is 0. The van der Waals surface area contributed by atoms with Gasteiger partial charge in [-0.15, -0.1) is 9.24 Å². The van der Waals surface area contributed by atoms with Gasteiger partial charge in [0.15, 0.2) is 0 Å². The van der Waals surface area contributed by atoms with Crippen molar-refractivity contribution in [2.75, 3.05) is 0 Å². The minimum absolute atomic E-state index is 0.301. The second kappa shape index (κ2) is 2.62. The SMILES string of the molecule is CC[C@@H](N)P. The highest BCUT2D eigenvalue weighted by molar-refractivity contribution is 7.17. The van der Waals surface area contributed by atoms with Gasteiger partial charge in [-0.1, -0.05) is 6.92 Å². The molecule has 0 heterocycles. The maximum Gasteiger partial charge on any atom is 0.0182 e. The summed E-state index contributed by atoms with van der Waals surface area (Å²) in [4.78, 5) is 0. The van der Waals surface area contributed by atoms with E-state index in [0.29, 0.717) is 5.78 Å². The van der Waals surface area contributed by atoms with Gasteiger partial charge in [-0.25, -0.2) is 0 Å². The van der Waals surface area contributed by atoms with Crippen molar-refractivity contribution in [3.05, 3.63) is 0 Å². The van der Waals surface area contributed by atoms with E-state index in [9.17, 15) is 0 Å². The van der Waals surface area contributed by atoms with Gasteiger partial charge >= 0.3 is 0 Å². The number of hydrogen-bond donors (Lipinski definition) is 1. The Balaban J connectivity index is 2.54. The Bertz CT molecular complexity index is 20.9. The Labute approximate surface area is 35.1 Å². The van der Waals surface area contributed by atoms with E-state index < -0.39 is 0 Å². The summed E-state index contributed by atoms with van der Waals surface area (Å²) in [6.45, 7) is 2.05. The van der Waals surface area contributed by atoms with Crippen LogP contribution in [-0.2, 0) is 0 Å². The molecule has 0 aromatic rings. The second-order valence-electron chi connectivity index (χ2n) is 1.07. The van der Waals surface area contributed by atoms with Crippen LogP contribution in [-0.4, -0.2) is 5.78 Å². The molecule has 0 saturated heterocycles. The molecule has 0 bridgehead atoms. The molecule has 1 unspecified atom stereocenters. The van der Waals surface area contributed by atoms with Gasteiger partial charge in [-0.05, 0) is 6.42 Å². The Morgan fingerprint density at radius 3 is 2.20 bits per heavy atom. The second-order valence-corrected chi connectivity index (χ2v) is 1.93. The first-order chi connectivity index (χ1) is 2.27. The van der Waals surface area contributed by atoms with Gasteiger partial charge in [-0.2, -0.15) is 0 Å². The minimum atomic E-state index is 0.301. The third-order valence-corrected chi connectivity index (χ3v) is 0.943. The van der Waals surface area contributed by atoms with Crippen molar-refractivity contribution in [2.24, 2.45) is 5.73 Å². The fraction of sp³-hybridized carbons (Fsp3) is 1.00. The molecule has 0 aliphatic rings. The summed E-state index contributed by atoms with van der Waals surface area (Å²) in [6.07, 6.45) is 1.05. The van der Waals surface area contributed by atoms with Gasteiger partial charge in [0, 0.05) is 5.78 Å². The third-order valence-electron chi connectivity index (χ3n) is 0.471. The van der Waals surface area contributed by atoms with Crippen LogP contribution < -0.4 is 5.73 Å². The molecule has 0 aromatic heterocycles. The van der Waals surface area contributed by atoms with Gasteiger partial charge in [-0.3, -0.25) is 0 Å². The first kappa shape index (κ1) is 5.39. The van der Waals surface area contributed by atoms with Crippen molar-refractivity contribution >= 4 is 9.24 Å². The van der Waals surface area contributed by atoms with E-state index in [0.717, 1.165) is 6.42 Å². The van der Waals surface area contributed by atoms with Crippen LogP contribution in [0.3, 0.4) is 0 Å². The summed E-state index contributed by atoms with van der Waals surface area (Å²) >= 11 is 0. The van der Waals surface area contributed by atoms with Gasteiger partial charge < -0.3 is 5.73 Å². The molecule has 0 saturated carbocycles. The van der Waals surface area contributed by atoms with Crippen LogP contribution in [0.15, 0.2) is 0 Å². The minimum Gasteiger partial charge on any atom is -0.325 e. The van der Waals surface area contributed by atoms with Gasteiger partial charge in [0.25, 0.3) is 0 Å². The molecular weight excluding hydrogens is 81.0 g/mol. The Hall–Kier alpha value is 0.390. The Morgan fingerprint density at radius 2 is 2.20 bits per heavy atom. The number of hydrogen-bond acceptors (Lipinski definition) is 1. The fourth-order valence-corrected chi connectivity index (χ4v) is 0. The normalized spacial score (nSPS) is 15.0. The molecule has 2 heteroatoms. The zero-order valence-corrected chi connectivity index (χ0v) is 4.59. The molecule has 0 rings (SSSR count). The zero-order valence-electron chi connectivity index (χ0n) is 3.44. The van der Waals surface area contributed by atoms with E-state index >= 15 is 0 Å². The van der Waals surface area contributed by atoms with Crippen LogP contribution in [0.4, 0.5) is 0 Å². The molecule has 0 amide bonds. The summed E-state index contributed by atoms with van der Waals surface area (Å²) in [7, 11) is 2.51. The lowest BCUT2D eigenvalue weighted by Gasteiger charge is -1.91. The average molecular weight is 91.1 g/mol.